The zero-order valence-corrected chi connectivity index (χ0v) is 12.2. The second kappa shape index (κ2) is 4.99. The summed E-state index contributed by atoms with van der Waals surface area (Å²) >= 11 is 6.26. The van der Waals surface area contributed by atoms with Crippen molar-refractivity contribution in [1.82, 2.24) is 9.97 Å². The minimum atomic E-state index is -1.08. The van der Waals surface area contributed by atoms with Crippen LogP contribution in [0.3, 0.4) is 0 Å². The summed E-state index contributed by atoms with van der Waals surface area (Å²) in [5.41, 5.74) is -0.714. The van der Waals surface area contributed by atoms with Crippen LogP contribution in [-0.2, 0) is 12.0 Å². The van der Waals surface area contributed by atoms with Crippen molar-refractivity contribution in [3.05, 3.63) is 53.1 Å². The third-order valence-corrected chi connectivity index (χ3v) is 3.87. The number of aromatic nitrogens is 2. The van der Waals surface area contributed by atoms with Gasteiger partial charge in [-0.15, -0.1) is 0 Å². The Morgan fingerprint density at radius 2 is 1.95 bits per heavy atom. The molecule has 0 aliphatic carbocycles. The van der Waals surface area contributed by atoms with Gasteiger partial charge >= 0.3 is 0 Å². The monoisotopic (exact) mass is 278 g/mol. The fourth-order valence-electron chi connectivity index (χ4n) is 2.20. The molecular formula is C15H19ClN2O. The highest BCUT2D eigenvalue weighted by Gasteiger charge is 2.43. The number of rotatable bonds is 3. The van der Waals surface area contributed by atoms with Crippen LogP contribution in [0.5, 0.6) is 0 Å². The maximum atomic E-state index is 11.2. The van der Waals surface area contributed by atoms with Crippen LogP contribution in [0.15, 0.2) is 36.7 Å². The first-order valence-corrected chi connectivity index (χ1v) is 6.68. The van der Waals surface area contributed by atoms with Crippen molar-refractivity contribution in [3.8, 4) is 0 Å². The Balaban J connectivity index is 2.50. The number of imidazole rings is 1. The predicted molar refractivity (Wildman–Crippen MR) is 77.1 cm³/mol. The van der Waals surface area contributed by atoms with Gasteiger partial charge in [-0.3, -0.25) is 0 Å². The number of aliphatic hydroxyl groups is 1. The summed E-state index contributed by atoms with van der Waals surface area (Å²) in [4.78, 5) is 7.25. The fraction of sp³-hybridized carbons (Fsp3) is 0.400. The van der Waals surface area contributed by atoms with Gasteiger partial charge in [-0.05, 0) is 11.5 Å². The van der Waals surface area contributed by atoms with E-state index in [9.17, 15) is 5.11 Å². The van der Waals surface area contributed by atoms with E-state index in [4.69, 9.17) is 11.6 Å². The van der Waals surface area contributed by atoms with Gasteiger partial charge in [-0.25, -0.2) is 4.98 Å². The normalized spacial score (nSPS) is 15.2. The highest BCUT2D eigenvalue weighted by atomic mass is 35.5. The second-order valence-electron chi connectivity index (χ2n) is 5.80. The summed E-state index contributed by atoms with van der Waals surface area (Å²) in [7, 11) is 0. The number of nitrogens with zero attached hydrogens (tertiary/aromatic N) is 1. The summed E-state index contributed by atoms with van der Waals surface area (Å²) in [6.45, 7) is 6.00. The van der Waals surface area contributed by atoms with Gasteiger partial charge in [0, 0.05) is 29.4 Å². The summed E-state index contributed by atoms with van der Waals surface area (Å²) in [6, 6.07) is 7.42. The summed E-state index contributed by atoms with van der Waals surface area (Å²) in [5, 5.41) is 11.8. The third-order valence-electron chi connectivity index (χ3n) is 3.54. The van der Waals surface area contributed by atoms with Gasteiger partial charge in [0.1, 0.15) is 11.4 Å². The Morgan fingerprint density at radius 3 is 2.47 bits per heavy atom. The second-order valence-corrected chi connectivity index (χ2v) is 6.21. The number of nitrogens with one attached hydrogen (secondary N) is 1. The van der Waals surface area contributed by atoms with Crippen LogP contribution in [0.25, 0.3) is 0 Å². The van der Waals surface area contributed by atoms with Gasteiger partial charge in [0.25, 0.3) is 0 Å². The summed E-state index contributed by atoms with van der Waals surface area (Å²) in [6.07, 6.45) is 3.84. The molecule has 0 spiro atoms. The average molecular weight is 279 g/mol. The Morgan fingerprint density at radius 1 is 1.26 bits per heavy atom. The van der Waals surface area contributed by atoms with E-state index in [0.717, 1.165) is 11.4 Å². The quantitative estimate of drug-likeness (QED) is 0.902. The maximum Gasteiger partial charge on any atom is 0.109 e. The summed E-state index contributed by atoms with van der Waals surface area (Å²) in [5.74, 6) is 0.748. The van der Waals surface area contributed by atoms with Gasteiger partial charge in [0.05, 0.1) is 0 Å². The van der Waals surface area contributed by atoms with Crippen LogP contribution < -0.4 is 0 Å². The number of aromatic amines is 1. The minimum absolute atomic E-state index is 0.370. The molecule has 2 rings (SSSR count). The first-order chi connectivity index (χ1) is 8.84. The molecule has 0 fully saturated rings. The topological polar surface area (TPSA) is 48.9 Å². The molecule has 0 saturated heterocycles. The molecule has 0 amide bonds. The number of benzene rings is 1. The molecule has 0 aliphatic rings. The lowest BCUT2D eigenvalue weighted by molar-refractivity contribution is -0.0652. The molecule has 19 heavy (non-hydrogen) atoms. The van der Waals surface area contributed by atoms with Gasteiger partial charge in [-0.2, -0.15) is 0 Å². The molecule has 1 aromatic heterocycles. The van der Waals surface area contributed by atoms with Crippen molar-refractivity contribution in [3.63, 3.8) is 0 Å². The van der Waals surface area contributed by atoms with Crippen LogP contribution in [-0.4, -0.2) is 15.1 Å². The van der Waals surface area contributed by atoms with Crippen LogP contribution in [0.2, 0.25) is 5.02 Å². The van der Waals surface area contributed by atoms with E-state index in [1.807, 2.05) is 39.0 Å². The zero-order valence-electron chi connectivity index (χ0n) is 11.4. The van der Waals surface area contributed by atoms with Crippen molar-refractivity contribution >= 4 is 11.6 Å². The molecule has 4 heteroatoms. The summed E-state index contributed by atoms with van der Waals surface area (Å²) < 4.78 is 0. The molecule has 3 nitrogen and oxygen atoms in total. The molecule has 102 valence electrons. The van der Waals surface area contributed by atoms with Crippen molar-refractivity contribution in [2.24, 2.45) is 5.41 Å². The van der Waals surface area contributed by atoms with Crippen LogP contribution >= 0.6 is 11.6 Å². The number of H-pyrrole nitrogens is 1. The van der Waals surface area contributed by atoms with Crippen molar-refractivity contribution in [2.75, 3.05) is 0 Å². The molecule has 0 radical (unpaired) electrons. The Kier molecular flexibility index (Phi) is 3.70. The first kappa shape index (κ1) is 14.1. The van der Waals surface area contributed by atoms with E-state index in [0.29, 0.717) is 11.4 Å². The van der Waals surface area contributed by atoms with Crippen LogP contribution in [0.1, 0.15) is 32.2 Å². The molecule has 2 aromatic rings. The molecule has 0 saturated carbocycles. The lowest BCUT2D eigenvalue weighted by Crippen LogP contribution is -2.42. The zero-order chi connectivity index (χ0) is 14.1. The van der Waals surface area contributed by atoms with E-state index >= 15 is 0 Å². The lowest BCUT2D eigenvalue weighted by Gasteiger charge is -2.41. The Bertz CT molecular complexity index is 546. The van der Waals surface area contributed by atoms with E-state index in [2.05, 4.69) is 9.97 Å². The highest BCUT2D eigenvalue weighted by Crippen LogP contribution is 2.43. The number of halogens is 1. The van der Waals surface area contributed by atoms with Gasteiger partial charge in [0.15, 0.2) is 0 Å². The molecule has 1 aromatic carbocycles. The van der Waals surface area contributed by atoms with E-state index in [1.165, 1.54) is 0 Å². The SMILES string of the molecule is CC(C)(C)C(O)(Cc1ncc[nH]1)c1ccccc1Cl. The van der Waals surface area contributed by atoms with Gasteiger partial charge < -0.3 is 10.1 Å². The van der Waals surface area contributed by atoms with E-state index in [1.54, 1.807) is 18.5 Å². The van der Waals surface area contributed by atoms with Crippen molar-refractivity contribution in [1.29, 1.82) is 0 Å². The average Bonchev–Trinajstić information content (AvgIpc) is 2.80. The first-order valence-electron chi connectivity index (χ1n) is 6.30. The van der Waals surface area contributed by atoms with Crippen LogP contribution in [0.4, 0.5) is 0 Å². The molecular weight excluding hydrogens is 260 g/mol. The van der Waals surface area contributed by atoms with Crippen molar-refractivity contribution in [2.45, 2.75) is 32.8 Å². The Hall–Kier alpha value is -1.32. The molecule has 0 bridgehead atoms. The third kappa shape index (κ3) is 2.67. The predicted octanol–water partition coefficient (Wildman–Crippen LogP) is 3.54. The van der Waals surface area contributed by atoms with Crippen molar-refractivity contribution < 1.29 is 5.11 Å². The largest absolute Gasteiger partial charge is 0.384 e. The smallest absolute Gasteiger partial charge is 0.109 e. The van der Waals surface area contributed by atoms with Gasteiger partial charge in [-0.1, -0.05) is 50.6 Å². The fourth-order valence-corrected chi connectivity index (χ4v) is 2.49. The number of hydrogen-bond donors (Lipinski definition) is 2. The lowest BCUT2D eigenvalue weighted by atomic mass is 9.70. The molecule has 0 aliphatic heterocycles. The van der Waals surface area contributed by atoms with E-state index < -0.39 is 5.60 Å². The molecule has 1 heterocycles. The number of hydrogen-bond acceptors (Lipinski definition) is 2. The van der Waals surface area contributed by atoms with Gasteiger partial charge in [0.2, 0.25) is 0 Å². The maximum absolute atomic E-state index is 11.2. The van der Waals surface area contributed by atoms with Crippen LogP contribution in [0, 0.1) is 5.41 Å². The molecule has 1 atom stereocenters. The highest BCUT2D eigenvalue weighted by molar-refractivity contribution is 6.31. The Labute approximate surface area is 118 Å². The molecule has 2 N–H and O–H groups in total. The van der Waals surface area contributed by atoms with E-state index in [-0.39, 0.29) is 5.41 Å². The standard InChI is InChI=1S/C15H19ClN2O/c1-14(2,3)15(19,10-13-17-8-9-18-13)11-6-4-5-7-12(11)16/h4-9,19H,10H2,1-3H3,(H,17,18). The molecule has 1 unspecified atom stereocenters. The minimum Gasteiger partial charge on any atom is -0.384 e.